The highest BCUT2D eigenvalue weighted by atomic mass is 19.4. The molecule has 2 aliphatic rings. The Morgan fingerprint density at radius 2 is 1.87 bits per heavy atom. The average molecular weight is 325 g/mol. The predicted molar refractivity (Wildman–Crippen MR) is 74.4 cm³/mol. The predicted octanol–water partition coefficient (Wildman–Crippen LogP) is 4.02. The summed E-state index contributed by atoms with van der Waals surface area (Å²) >= 11 is 0. The van der Waals surface area contributed by atoms with Crippen LogP contribution in [0.5, 0.6) is 0 Å². The number of hydrogen-bond acceptors (Lipinski definition) is 2. The van der Waals surface area contributed by atoms with Crippen LogP contribution in [0, 0.1) is 11.8 Å². The first-order valence-electron chi connectivity index (χ1n) is 7.64. The van der Waals surface area contributed by atoms with E-state index in [0.29, 0.717) is 5.82 Å². The van der Waals surface area contributed by atoms with Crippen LogP contribution in [0.1, 0.15) is 42.3 Å². The first kappa shape index (κ1) is 14.7. The molecule has 0 unspecified atom stereocenters. The lowest BCUT2D eigenvalue weighted by Crippen LogP contribution is -2.13. The number of alkyl halides is 4. The lowest BCUT2D eigenvalue weighted by Gasteiger charge is -2.11. The van der Waals surface area contributed by atoms with Crippen molar-refractivity contribution in [2.24, 2.45) is 11.8 Å². The molecule has 2 aromatic rings. The summed E-state index contributed by atoms with van der Waals surface area (Å²) in [5, 5.41) is 4.29. The van der Waals surface area contributed by atoms with Gasteiger partial charge >= 0.3 is 6.18 Å². The van der Waals surface area contributed by atoms with Crippen molar-refractivity contribution in [2.45, 2.75) is 37.7 Å². The second kappa shape index (κ2) is 5.04. The maximum absolute atomic E-state index is 14.2. The summed E-state index contributed by atoms with van der Waals surface area (Å²) in [7, 11) is 0. The number of nitrogens with zero attached hydrogens (tertiary/aromatic N) is 3. The molecule has 0 saturated heterocycles. The van der Waals surface area contributed by atoms with Gasteiger partial charge in [0.25, 0.3) is 0 Å². The summed E-state index contributed by atoms with van der Waals surface area (Å²) in [4.78, 5) is 4.15. The first-order valence-corrected chi connectivity index (χ1v) is 7.64. The average Bonchev–Trinajstić information content (AvgIpc) is 3.06. The van der Waals surface area contributed by atoms with Crippen LogP contribution in [0.15, 0.2) is 30.3 Å². The van der Waals surface area contributed by atoms with Gasteiger partial charge in [0.2, 0.25) is 0 Å². The zero-order valence-electron chi connectivity index (χ0n) is 12.2. The van der Waals surface area contributed by atoms with E-state index in [1.165, 1.54) is 0 Å². The van der Waals surface area contributed by atoms with Gasteiger partial charge < -0.3 is 0 Å². The van der Waals surface area contributed by atoms with Crippen molar-refractivity contribution in [2.75, 3.05) is 0 Å². The van der Waals surface area contributed by atoms with Crippen molar-refractivity contribution < 1.29 is 17.6 Å². The van der Waals surface area contributed by atoms with E-state index in [-0.39, 0.29) is 31.1 Å². The van der Waals surface area contributed by atoms with E-state index in [9.17, 15) is 17.6 Å². The van der Waals surface area contributed by atoms with Crippen molar-refractivity contribution in [1.82, 2.24) is 14.8 Å². The third-order valence-electron chi connectivity index (χ3n) is 4.68. The van der Waals surface area contributed by atoms with E-state index >= 15 is 0 Å². The van der Waals surface area contributed by atoms with Gasteiger partial charge in [-0.2, -0.15) is 18.3 Å². The molecule has 122 valence electrons. The van der Waals surface area contributed by atoms with Gasteiger partial charge in [-0.05, 0) is 17.9 Å². The van der Waals surface area contributed by atoms with Crippen LogP contribution >= 0.6 is 0 Å². The molecule has 1 saturated carbocycles. The van der Waals surface area contributed by atoms with Crippen LogP contribution in [-0.2, 0) is 6.42 Å². The molecule has 1 aliphatic carbocycles. The summed E-state index contributed by atoms with van der Waals surface area (Å²) < 4.78 is 53.5. The molecule has 1 aliphatic heterocycles. The van der Waals surface area contributed by atoms with Gasteiger partial charge in [-0.3, -0.25) is 0 Å². The Bertz CT molecular complexity index is 710. The van der Waals surface area contributed by atoms with Crippen LogP contribution < -0.4 is 0 Å². The summed E-state index contributed by atoms with van der Waals surface area (Å²) in [6, 6.07) is 9.18. The Hall–Kier alpha value is -1.92. The fourth-order valence-corrected chi connectivity index (χ4v) is 3.37. The molecule has 1 aromatic heterocycles. The normalized spacial score (nSPS) is 29.6. The van der Waals surface area contributed by atoms with Gasteiger partial charge in [0.05, 0.1) is 12.0 Å². The van der Waals surface area contributed by atoms with E-state index < -0.39 is 24.2 Å². The quantitative estimate of drug-likeness (QED) is 0.798. The van der Waals surface area contributed by atoms with Gasteiger partial charge in [0, 0.05) is 12.8 Å². The second-order valence-corrected chi connectivity index (χ2v) is 6.31. The fraction of sp³-hybridized carbons (Fsp3) is 0.500. The Kier molecular flexibility index (Phi) is 3.21. The molecule has 0 N–H and O–H groups in total. The zero-order chi connectivity index (χ0) is 16.2. The lowest BCUT2D eigenvalue weighted by molar-refractivity contribution is -0.150. The zero-order valence-corrected chi connectivity index (χ0v) is 12.2. The van der Waals surface area contributed by atoms with E-state index in [2.05, 4.69) is 10.1 Å². The molecule has 7 heteroatoms. The molecule has 0 bridgehead atoms. The van der Waals surface area contributed by atoms with E-state index in [0.717, 1.165) is 5.56 Å². The third-order valence-corrected chi connectivity index (χ3v) is 4.68. The molecule has 0 amide bonds. The smallest absolute Gasteiger partial charge is 0.239 e. The fourth-order valence-electron chi connectivity index (χ4n) is 3.37. The number of fused-ring (bicyclic) bond motifs is 1. The summed E-state index contributed by atoms with van der Waals surface area (Å²) in [5.74, 6) is -1.17. The van der Waals surface area contributed by atoms with Crippen LogP contribution in [0.25, 0.3) is 0 Å². The molecule has 3 nitrogen and oxygen atoms in total. The molecule has 0 radical (unpaired) electrons. The van der Waals surface area contributed by atoms with Gasteiger partial charge in [0.1, 0.15) is 0 Å². The number of benzene rings is 1. The van der Waals surface area contributed by atoms with Crippen LogP contribution in [0.2, 0.25) is 0 Å². The molecular formula is C16H15F4N3. The van der Waals surface area contributed by atoms with Gasteiger partial charge in [-0.1, -0.05) is 30.3 Å². The standard InChI is InChI=1S/C16H15F4N3/c17-12-8-13(9-4-2-1-3-5-9)23-15(12)21-14(22-23)7-10-6-11(10)16(18,19)20/h1-5,10-13H,6-8H2/t10-,11-,12+,13+/m1/s1. The second-order valence-electron chi connectivity index (χ2n) is 6.31. The van der Waals surface area contributed by atoms with Crippen LogP contribution in [-0.4, -0.2) is 20.9 Å². The van der Waals surface area contributed by atoms with Crippen molar-refractivity contribution >= 4 is 0 Å². The molecule has 2 heterocycles. The first-order chi connectivity index (χ1) is 10.9. The summed E-state index contributed by atoms with van der Waals surface area (Å²) in [5.41, 5.74) is 0.935. The molecule has 4 rings (SSSR count). The molecule has 23 heavy (non-hydrogen) atoms. The van der Waals surface area contributed by atoms with Crippen LogP contribution in [0.4, 0.5) is 17.6 Å². The molecule has 0 spiro atoms. The number of halogens is 4. The third kappa shape index (κ3) is 2.62. The Balaban J connectivity index is 1.55. The molecular weight excluding hydrogens is 310 g/mol. The Morgan fingerprint density at radius 1 is 1.13 bits per heavy atom. The van der Waals surface area contributed by atoms with Crippen molar-refractivity contribution in [3.8, 4) is 0 Å². The van der Waals surface area contributed by atoms with Crippen molar-refractivity contribution in [3.05, 3.63) is 47.5 Å². The topological polar surface area (TPSA) is 30.7 Å². The Morgan fingerprint density at radius 3 is 2.52 bits per heavy atom. The number of rotatable bonds is 3. The highest BCUT2D eigenvalue weighted by Gasteiger charge is 2.55. The van der Waals surface area contributed by atoms with E-state index in [1.54, 1.807) is 4.68 Å². The summed E-state index contributed by atoms with van der Waals surface area (Å²) in [6.45, 7) is 0. The Labute approximate surface area is 130 Å². The van der Waals surface area contributed by atoms with E-state index in [1.807, 2.05) is 30.3 Å². The molecule has 1 aromatic carbocycles. The number of aromatic nitrogens is 3. The monoisotopic (exact) mass is 325 g/mol. The van der Waals surface area contributed by atoms with Crippen LogP contribution in [0.3, 0.4) is 0 Å². The minimum Gasteiger partial charge on any atom is -0.239 e. The minimum atomic E-state index is -4.15. The molecule has 1 fully saturated rings. The summed E-state index contributed by atoms with van der Waals surface area (Å²) in [6.07, 6.45) is -4.82. The molecule has 4 atom stereocenters. The lowest BCUT2D eigenvalue weighted by atomic mass is 10.0. The highest BCUT2D eigenvalue weighted by Crippen LogP contribution is 2.51. The van der Waals surface area contributed by atoms with Gasteiger partial charge in [-0.25, -0.2) is 14.1 Å². The SMILES string of the molecule is F[C@H]1C[C@@H](c2ccccc2)n2nc(C[C@H]3C[C@H]3C(F)(F)F)nc21. The van der Waals surface area contributed by atoms with Gasteiger partial charge in [0.15, 0.2) is 17.8 Å². The van der Waals surface area contributed by atoms with Crippen molar-refractivity contribution in [3.63, 3.8) is 0 Å². The maximum Gasteiger partial charge on any atom is 0.392 e. The van der Waals surface area contributed by atoms with E-state index in [4.69, 9.17) is 0 Å². The minimum absolute atomic E-state index is 0.120. The largest absolute Gasteiger partial charge is 0.392 e. The highest BCUT2D eigenvalue weighted by molar-refractivity contribution is 5.23. The number of hydrogen-bond donors (Lipinski definition) is 0. The maximum atomic E-state index is 14.2. The van der Waals surface area contributed by atoms with Crippen molar-refractivity contribution in [1.29, 1.82) is 0 Å². The van der Waals surface area contributed by atoms with Gasteiger partial charge in [-0.15, -0.1) is 0 Å².